The third-order valence-electron chi connectivity index (χ3n) is 10.7. The average Bonchev–Trinajstić information content (AvgIpc) is 3.93. The van der Waals surface area contributed by atoms with E-state index in [9.17, 15) is 19.2 Å². The second kappa shape index (κ2) is 8.53. The van der Waals surface area contributed by atoms with E-state index in [0.29, 0.717) is 64.6 Å². The van der Waals surface area contributed by atoms with Gasteiger partial charge in [-0.2, -0.15) is 5.10 Å². The van der Waals surface area contributed by atoms with E-state index in [1.165, 1.54) is 25.7 Å². The Kier molecular flexibility index (Phi) is 5.16. The monoisotopic (exact) mass is 554 g/mol. The highest BCUT2D eigenvalue weighted by atomic mass is 16.2. The third-order valence-corrected chi connectivity index (χ3v) is 10.7. The molecular formula is C31H34N6O4. The van der Waals surface area contributed by atoms with Gasteiger partial charge in [-0.15, -0.1) is 0 Å². The normalized spacial score (nSPS) is 26.0. The molecule has 10 heteroatoms. The molecule has 1 atom stereocenters. The van der Waals surface area contributed by atoms with Crippen molar-refractivity contribution in [1.29, 1.82) is 0 Å². The molecule has 3 saturated carbocycles. The van der Waals surface area contributed by atoms with Crippen LogP contribution < -0.4 is 10.6 Å². The summed E-state index contributed by atoms with van der Waals surface area (Å²) >= 11 is 0. The highest BCUT2D eigenvalue weighted by Gasteiger charge is 2.88. The Balaban J connectivity index is 0.902. The number of fused-ring (bicyclic) bond motifs is 2. The Morgan fingerprint density at radius 1 is 1.05 bits per heavy atom. The van der Waals surface area contributed by atoms with Crippen molar-refractivity contribution in [2.75, 3.05) is 18.4 Å². The van der Waals surface area contributed by atoms with Gasteiger partial charge in [0, 0.05) is 42.8 Å². The maximum atomic E-state index is 13.4. The second-order valence-electron chi connectivity index (χ2n) is 12.8. The smallest absolute Gasteiger partial charge is 0.264 e. The van der Waals surface area contributed by atoms with Crippen molar-refractivity contribution in [2.45, 2.75) is 70.0 Å². The SMILES string of the molecule is C=C1CCC(N2C(=O)c3cccc(NCc4cnn(C5CCN(C(=O)C6C7(CC7)C67CC7)CC5)c4)c3C2=O)C(=O)N1. The third kappa shape index (κ3) is 3.58. The fraction of sp³-hybridized carbons (Fsp3) is 0.516. The Labute approximate surface area is 238 Å². The largest absolute Gasteiger partial charge is 0.380 e. The van der Waals surface area contributed by atoms with Crippen molar-refractivity contribution in [2.24, 2.45) is 16.7 Å². The lowest BCUT2D eigenvalue weighted by Gasteiger charge is -2.32. The molecule has 1 unspecified atom stereocenters. The molecule has 3 aliphatic carbocycles. The number of amides is 4. The number of carbonyl (C=O) groups excluding carboxylic acids is 4. The predicted octanol–water partition coefficient (Wildman–Crippen LogP) is 3.24. The van der Waals surface area contributed by atoms with Gasteiger partial charge in [0.05, 0.1) is 29.3 Å². The van der Waals surface area contributed by atoms with Gasteiger partial charge in [0.2, 0.25) is 11.8 Å². The van der Waals surface area contributed by atoms with Crippen molar-refractivity contribution in [3.8, 4) is 0 Å². The topological polar surface area (TPSA) is 117 Å². The van der Waals surface area contributed by atoms with Crippen LogP contribution in [0.2, 0.25) is 0 Å². The van der Waals surface area contributed by atoms with Crippen LogP contribution in [0, 0.1) is 16.7 Å². The zero-order chi connectivity index (χ0) is 28.1. The van der Waals surface area contributed by atoms with Crippen LogP contribution in [-0.2, 0) is 16.1 Å². The van der Waals surface area contributed by atoms with Gasteiger partial charge in [-0.1, -0.05) is 12.6 Å². The standard InChI is InChI=1S/C31H34N6O4/c1-18-5-6-23(26(38)34-18)37-27(39)21-3-2-4-22(24(21)28(37)40)32-15-19-16-33-36(17-19)20-7-13-35(14-8-20)29(41)25-30(9-10-30)31(25)11-12-31/h2-4,16-17,20,23,25,32H,1,5-15H2,(H,34,38). The molecule has 41 heavy (non-hydrogen) atoms. The fourth-order valence-electron chi connectivity index (χ4n) is 8.20. The van der Waals surface area contributed by atoms with E-state index < -0.39 is 17.9 Å². The predicted molar refractivity (Wildman–Crippen MR) is 148 cm³/mol. The first-order valence-corrected chi connectivity index (χ1v) is 14.9. The van der Waals surface area contributed by atoms with Gasteiger partial charge in [0.1, 0.15) is 6.04 Å². The molecule has 1 aromatic heterocycles. The number of hydrogen-bond acceptors (Lipinski definition) is 6. The molecule has 5 fully saturated rings. The molecular weight excluding hydrogens is 520 g/mol. The molecule has 0 bridgehead atoms. The Morgan fingerprint density at radius 2 is 1.78 bits per heavy atom. The maximum Gasteiger partial charge on any atom is 0.264 e. The van der Waals surface area contributed by atoms with E-state index in [2.05, 4.69) is 27.2 Å². The quantitative estimate of drug-likeness (QED) is 0.530. The molecule has 2 N–H and O–H groups in total. The summed E-state index contributed by atoms with van der Waals surface area (Å²) in [6.07, 6.45) is 11.6. The van der Waals surface area contributed by atoms with Crippen molar-refractivity contribution >= 4 is 29.3 Å². The number of aromatic nitrogens is 2. The minimum atomic E-state index is -0.838. The number of nitrogens with zero attached hydrogens (tertiary/aromatic N) is 4. The molecule has 8 rings (SSSR count). The van der Waals surface area contributed by atoms with Gasteiger partial charge in [0.15, 0.2) is 0 Å². The van der Waals surface area contributed by atoms with Gasteiger partial charge >= 0.3 is 0 Å². The van der Waals surface area contributed by atoms with E-state index in [0.717, 1.165) is 36.4 Å². The van der Waals surface area contributed by atoms with Crippen LogP contribution in [-0.4, -0.2) is 62.3 Å². The molecule has 3 aliphatic heterocycles. The molecule has 0 radical (unpaired) electrons. The molecule has 4 amide bonds. The van der Waals surface area contributed by atoms with Gasteiger partial charge in [-0.25, -0.2) is 0 Å². The zero-order valence-corrected chi connectivity index (χ0v) is 23.0. The number of hydrogen-bond donors (Lipinski definition) is 2. The average molecular weight is 555 g/mol. The van der Waals surface area contributed by atoms with Gasteiger partial charge in [-0.3, -0.25) is 28.8 Å². The van der Waals surface area contributed by atoms with Crippen LogP contribution in [0.1, 0.15) is 83.7 Å². The summed E-state index contributed by atoms with van der Waals surface area (Å²) in [6.45, 7) is 5.79. The molecule has 2 spiro atoms. The Morgan fingerprint density at radius 3 is 2.46 bits per heavy atom. The molecule has 1 aromatic carbocycles. The van der Waals surface area contributed by atoms with E-state index in [4.69, 9.17) is 0 Å². The van der Waals surface area contributed by atoms with Crippen LogP contribution in [0.4, 0.5) is 5.69 Å². The molecule has 6 aliphatic rings. The molecule has 2 saturated heterocycles. The van der Waals surface area contributed by atoms with Crippen molar-refractivity contribution in [3.63, 3.8) is 0 Å². The van der Waals surface area contributed by atoms with Crippen LogP contribution in [0.5, 0.6) is 0 Å². The van der Waals surface area contributed by atoms with Crippen LogP contribution >= 0.6 is 0 Å². The fourth-order valence-corrected chi connectivity index (χ4v) is 8.20. The lowest BCUT2D eigenvalue weighted by atomic mass is 10.0. The van der Waals surface area contributed by atoms with E-state index in [1.54, 1.807) is 18.2 Å². The van der Waals surface area contributed by atoms with E-state index in [-0.39, 0.29) is 11.9 Å². The van der Waals surface area contributed by atoms with Gasteiger partial charge < -0.3 is 15.5 Å². The molecule has 4 heterocycles. The minimum absolute atomic E-state index is 0.253. The van der Waals surface area contributed by atoms with Crippen LogP contribution in [0.15, 0.2) is 42.9 Å². The first-order chi connectivity index (χ1) is 19.8. The van der Waals surface area contributed by atoms with E-state index in [1.807, 2.05) is 17.1 Å². The lowest BCUT2D eigenvalue weighted by molar-refractivity contribution is -0.134. The second-order valence-corrected chi connectivity index (χ2v) is 12.8. The molecule has 10 nitrogen and oxygen atoms in total. The summed E-state index contributed by atoms with van der Waals surface area (Å²) in [5.74, 6) is -0.564. The summed E-state index contributed by atoms with van der Waals surface area (Å²) < 4.78 is 2.00. The Hall–Kier alpha value is -3.95. The van der Waals surface area contributed by atoms with Crippen molar-refractivity contribution in [1.82, 2.24) is 24.9 Å². The lowest BCUT2D eigenvalue weighted by Crippen LogP contribution is -2.51. The number of likely N-dealkylation sites (tertiary alicyclic amines) is 1. The summed E-state index contributed by atoms with van der Waals surface area (Å²) in [5, 5.41) is 10.6. The minimum Gasteiger partial charge on any atom is -0.380 e. The van der Waals surface area contributed by atoms with Crippen LogP contribution in [0.3, 0.4) is 0 Å². The summed E-state index contributed by atoms with van der Waals surface area (Å²) in [4.78, 5) is 55.5. The van der Waals surface area contributed by atoms with Crippen molar-refractivity contribution < 1.29 is 19.2 Å². The molecule has 2 aromatic rings. The number of carbonyl (C=O) groups is 4. The number of allylic oxidation sites excluding steroid dienone is 1. The highest BCUT2D eigenvalue weighted by molar-refractivity contribution is 6.25. The van der Waals surface area contributed by atoms with Gasteiger partial charge in [0.25, 0.3) is 11.8 Å². The Bertz CT molecular complexity index is 1510. The number of benzene rings is 1. The first kappa shape index (κ1) is 24.8. The number of anilines is 1. The zero-order valence-electron chi connectivity index (χ0n) is 23.0. The summed E-state index contributed by atoms with van der Waals surface area (Å²) in [6, 6.07) is 4.57. The van der Waals surface area contributed by atoms with Crippen LogP contribution in [0.25, 0.3) is 0 Å². The van der Waals surface area contributed by atoms with E-state index >= 15 is 0 Å². The summed E-state index contributed by atoms with van der Waals surface area (Å²) in [7, 11) is 0. The summed E-state index contributed by atoms with van der Waals surface area (Å²) in [5.41, 5.74) is 3.53. The van der Waals surface area contributed by atoms with Gasteiger partial charge in [-0.05, 0) is 74.3 Å². The maximum absolute atomic E-state index is 13.4. The number of nitrogens with one attached hydrogen (secondary N) is 2. The molecule has 212 valence electrons. The first-order valence-electron chi connectivity index (χ1n) is 14.9. The number of rotatable bonds is 6. The van der Waals surface area contributed by atoms with Crippen molar-refractivity contribution in [3.05, 3.63) is 59.6 Å². The number of imide groups is 1. The highest BCUT2D eigenvalue weighted by Crippen LogP contribution is 2.92. The number of piperidine rings is 2.